The maximum atomic E-state index is 15.7. The normalized spacial score (nSPS) is 21.6. The van der Waals surface area contributed by atoms with Crippen LogP contribution >= 0.6 is 11.8 Å². The summed E-state index contributed by atoms with van der Waals surface area (Å²) in [6.45, 7) is 3.79. The number of aliphatic hydroxyl groups excluding tert-OH is 2. The molecule has 0 aliphatic carbocycles. The summed E-state index contributed by atoms with van der Waals surface area (Å²) < 4.78 is 11.2. The Morgan fingerprint density at radius 3 is 1.49 bits per heavy atom. The van der Waals surface area contributed by atoms with Gasteiger partial charge in [0.25, 0.3) is 0 Å². The molecule has 26 N–H and O–H groups in total. The van der Waals surface area contributed by atoms with Crippen LogP contribution in [0.15, 0.2) is 140 Å². The van der Waals surface area contributed by atoms with E-state index in [1.165, 1.54) is 69.6 Å². The number of hydrogen-bond donors (Lipinski definition) is 23. The van der Waals surface area contributed by atoms with Crippen molar-refractivity contribution in [2.24, 2.45) is 23.1 Å². The number of aromatic nitrogens is 2. The Morgan fingerprint density at radius 1 is 0.500 bits per heavy atom. The van der Waals surface area contributed by atoms with Gasteiger partial charge in [-0.05, 0) is 129 Å². The van der Waals surface area contributed by atoms with Gasteiger partial charge in [-0.3, -0.25) is 77.3 Å². The number of nitrogens with zero attached hydrogens (tertiary/aromatic N) is 2. The largest absolute Gasteiger partial charge is 0.508 e. The fourth-order valence-electron chi connectivity index (χ4n) is 15.4. The molecular formula is C95H131N21O21S. The van der Waals surface area contributed by atoms with Crippen molar-refractivity contribution in [1.82, 2.24) is 88.9 Å². The second-order valence-electron chi connectivity index (χ2n) is 34.2. The van der Waals surface area contributed by atoms with Gasteiger partial charge in [-0.1, -0.05) is 125 Å². The first kappa shape index (κ1) is 110. The highest BCUT2D eigenvalue weighted by Gasteiger charge is 2.41. The third-order valence-electron chi connectivity index (χ3n) is 23.2. The van der Waals surface area contributed by atoms with Crippen molar-refractivity contribution in [2.45, 2.75) is 196 Å². The predicted octanol–water partition coefficient (Wildman–Crippen LogP) is -1.42. The van der Waals surface area contributed by atoms with Crippen molar-refractivity contribution in [3.63, 3.8) is 0 Å². The number of H-pyrrole nitrogens is 2. The molecule has 1 aliphatic heterocycles. The summed E-state index contributed by atoms with van der Waals surface area (Å²) in [5.74, 6) is -15.7. The van der Waals surface area contributed by atoms with Crippen molar-refractivity contribution < 1.29 is 102 Å². The number of carbonyl (C=O) groups excluding carboxylic acids is 15. The van der Waals surface area contributed by atoms with Crippen LogP contribution in [-0.2, 0) is 113 Å². The molecule has 3 heterocycles. The van der Waals surface area contributed by atoms with E-state index >= 15 is 43.2 Å². The molecule has 748 valence electrons. The summed E-state index contributed by atoms with van der Waals surface area (Å²) in [6, 6.07) is 13.5. The Labute approximate surface area is 803 Å². The van der Waals surface area contributed by atoms with E-state index in [0.717, 1.165) is 21.6 Å². The SMILES string of the molecule is CCCC[C@H]1C(=O)N[C@@H](CC(C)C)C(=O)N[C@H](C(=O)NCCOCCOCC(=O)N[C@@H](CCCCN)C(N)=O)CSCC(=O)N[C@@H](Cc2ccccc2)C(=O)N[C@@H](Cc2ccc(O)cc2)C(=O)N[C@@H](Cc2c[nH]c3ccccc23)C(=O)N[C@@H](CO)C(=O)N[C@@H](CO)C(=O)N[C@@H](CCCNC(=N)N)C(=O)N(C)[C@@H](C)C(=O)N[C@@H](Cc2c[nH]c3ccccc23)C(=O)N[C@@H](Cc2ccc(O)cc2)C(=O)N1C. The number of phenolic OH excluding ortho intramolecular Hbond substituents is 2. The molecule has 0 spiro atoms. The van der Waals surface area contributed by atoms with E-state index in [0.29, 0.717) is 81.9 Å². The van der Waals surface area contributed by atoms with Gasteiger partial charge >= 0.3 is 0 Å². The van der Waals surface area contributed by atoms with Gasteiger partial charge in [0.2, 0.25) is 88.6 Å². The number of fused-ring (bicyclic) bond motifs is 2. The molecule has 0 saturated carbocycles. The average Bonchev–Trinajstić information content (AvgIpc) is 1.58. The first-order valence-corrected chi connectivity index (χ1v) is 47.1. The quantitative estimate of drug-likeness (QED) is 0.0122. The number of aliphatic hydroxyl groups is 2. The minimum Gasteiger partial charge on any atom is -0.508 e. The number of para-hydroxylation sites is 2. The molecule has 1 saturated heterocycles. The van der Waals surface area contributed by atoms with E-state index < -0.39 is 199 Å². The van der Waals surface area contributed by atoms with Crippen LogP contribution in [0.5, 0.6) is 11.5 Å². The van der Waals surface area contributed by atoms with Gasteiger partial charge in [-0.25, -0.2) is 0 Å². The number of aromatic amines is 2. The van der Waals surface area contributed by atoms with E-state index in [1.54, 1.807) is 105 Å². The molecule has 5 aromatic carbocycles. The van der Waals surface area contributed by atoms with Crippen LogP contribution in [0.2, 0.25) is 0 Å². The van der Waals surface area contributed by atoms with Gasteiger partial charge in [-0.2, -0.15) is 0 Å². The fraction of sp³-hybridized carbons (Fsp3) is 0.474. The maximum Gasteiger partial charge on any atom is 0.246 e. The average molecular weight is 1940 g/mol. The Kier molecular flexibility index (Phi) is 44.5. The molecule has 1 aliphatic rings. The lowest BCUT2D eigenvalue weighted by atomic mass is 9.99. The number of unbranched alkanes of at least 4 members (excludes halogenated alkanes) is 2. The number of likely N-dealkylation sites (N-methyl/N-ethyl adjacent to an activating group) is 2. The van der Waals surface area contributed by atoms with Crippen LogP contribution in [0.3, 0.4) is 0 Å². The zero-order chi connectivity index (χ0) is 100. The van der Waals surface area contributed by atoms with Crippen molar-refractivity contribution in [3.05, 3.63) is 168 Å². The van der Waals surface area contributed by atoms with Gasteiger partial charge in [0, 0.05) is 99.2 Å². The summed E-state index contributed by atoms with van der Waals surface area (Å²) >= 11 is 0.849. The van der Waals surface area contributed by atoms with Crippen molar-refractivity contribution in [1.29, 1.82) is 5.41 Å². The predicted molar refractivity (Wildman–Crippen MR) is 514 cm³/mol. The molecule has 1 fully saturated rings. The van der Waals surface area contributed by atoms with Gasteiger partial charge in [0.15, 0.2) is 5.96 Å². The van der Waals surface area contributed by atoms with Gasteiger partial charge in [-0.15, -0.1) is 11.8 Å². The highest BCUT2D eigenvalue weighted by Crippen LogP contribution is 2.25. The number of hydrogen-bond acceptors (Lipinski definition) is 24. The highest BCUT2D eigenvalue weighted by atomic mass is 32.2. The van der Waals surface area contributed by atoms with E-state index in [-0.39, 0.29) is 120 Å². The number of nitrogens with one attached hydrogen (secondary N) is 16. The van der Waals surface area contributed by atoms with Crippen LogP contribution in [0.1, 0.15) is 113 Å². The Morgan fingerprint density at radius 2 is 0.964 bits per heavy atom. The van der Waals surface area contributed by atoms with Gasteiger partial charge < -0.3 is 136 Å². The molecule has 7 aromatic rings. The second kappa shape index (κ2) is 56.1. The number of rotatable bonds is 36. The molecule has 8 rings (SSSR count). The topological polar surface area (TPSA) is 652 Å². The van der Waals surface area contributed by atoms with E-state index in [1.807, 2.05) is 6.92 Å². The Bertz CT molecular complexity index is 5260. The summed E-state index contributed by atoms with van der Waals surface area (Å²) in [7, 11) is 2.57. The summed E-state index contributed by atoms with van der Waals surface area (Å²) in [5.41, 5.74) is 20.2. The molecule has 0 unspecified atom stereocenters. The highest BCUT2D eigenvalue weighted by molar-refractivity contribution is 8.00. The number of thioether (sulfide) groups is 1. The molecule has 0 radical (unpaired) electrons. The molecule has 13 atom stereocenters. The molecule has 2 aromatic heterocycles. The fourth-order valence-corrected chi connectivity index (χ4v) is 16.2. The van der Waals surface area contributed by atoms with Crippen LogP contribution in [-0.4, -0.2) is 298 Å². The molecule has 42 nitrogen and oxygen atoms in total. The number of benzene rings is 5. The minimum absolute atomic E-state index is 0.00717. The second-order valence-corrected chi connectivity index (χ2v) is 35.2. The number of guanidine groups is 1. The lowest BCUT2D eigenvalue weighted by Gasteiger charge is -2.33. The van der Waals surface area contributed by atoms with E-state index in [9.17, 15) is 49.2 Å². The zero-order valence-corrected chi connectivity index (χ0v) is 79.1. The monoisotopic (exact) mass is 1930 g/mol. The molecule has 0 bridgehead atoms. The minimum atomic E-state index is -1.96. The van der Waals surface area contributed by atoms with Crippen LogP contribution in [0, 0.1) is 11.3 Å². The Balaban J connectivity index is 1.18. The number of ether oxygens (including phenoxy) is 2. The summed E-state index contributed by atoms with van der Waals surface area (Å²) in [6.07, 6.45) is 3.74. The van der Waals surface area contributed by atoms with Crippen molar-refractivity contribution >= 4 is 128 Å². The summed E-state index contributed by atoms with van der Waals surface area (Å²) in [5, 5.41) is 86.3. The smallest absolute Gasteiger partial charge is 0.246 e. The Hall–Kier alpha value is -13.8. The lowest BCUT2D eigenvalue weighted by Crippen LogP contribution is -2.62. The van der Waals surface area contributed by atoms with Crippen LogP contribution in [0.25, 0.3) is 21.8 Å². The standard InChI is InChI=1S/C95H131N21O21S/c1-7-8-27-79-92(133)110-70(42-55(2)3)85(126)114-78(84(125)100-38-39-136-40-41-137-52-80(121)104-68(82(97)123)25-16-17-36-96)53-138-54-81(122)105-71(43-57-19-10-9-11-20-57)86(127)108-72(44-58-28-32-62(119)33-29-58)87(128)109-74(47-61-49-103-67-24-15-13-22-65(61)67)89(130)112-77(51-118)91(132)113-76(50-117)90(131)106-69(26-18-37-101-95(98)99)93(134)115(5)56(4)83(124)107-73(46-60-48-102-66-23-14-12-21-64(60)66)88(129)111-75(94(135)116(79)6)45-59-30-34-63(120)35-31-59/h9-15,19-24,28-35,48-49,55-56,68-79,102-103,117-120H,7-8,16-18,25-27,36-47,50-54,96H2,1-6H3,(H2,97,123)(H,100,125)(H,104,121)(H,105,122)(H,106,131)(H,107,124)(H,108,127)(H,109,128)(H,110,133)(H,111,129)(H,112,130)(H,113,132)(H,114,126)(H4,98,99,101)/t56-,68-,69-,70-,71-,72-,73-,74-,75-,76-,77-,78-,79-/m0/s1. The van der Waals surface area contributed by atoms with E-state index in [4.69, 9.17) is 32.1 Å². The zero-order valence-electron chi connectivity index (χ0n) is 78.3. The summed E-state index contributed by atoms with van der Waals surface area (Å²) in [4.78, 5) is 229. The van der Waals surface area contributed by atoms with Crippen molar-refractivity contribution in [3.8, 4) is 11.5 Å². The number of primary amides is 1. The number of carbonyl (C=O) groups is 15. The third kappa shape index (κ3) is 34.8. The first-order valence-electron chi connectivity index (χ1n) is 45.9. The van der Waals surface area contributed by atoms with Crippen LogP contribution < -0.4 is 86.3 Å². The molecule has 15 amide bonds. The number of amides is 15. The molecule has 43 heteroatoms. The van der Waals surface area contributed by atoms with Gasteiger partial charge in [0.1, 0.15) is 96.6 Å². The number of nitrogens with two attached hydrogens (primary N) is 3. The molecular weight excluding hydrogens is 1800 g/mol. The van der Waals surface area contributed by atoms with Crippen LogP contribution in [0.4, 0.5) is 0 Å². The van der Waals surface area contributed by atoms with Crippen molar-refractivity contribution in [2.75, 3.05) is 84.9 Å². The van der Waals surface area contributed by atoms with E-state index in [2.05, 4.69) is 79.1 Å². The number of phenols is 2. The lowest BCUT2D eigenvalue weighted by molar-refractivity contribution is -0.144. The number of aromatic hydroxyl groups is 2. The third-order valence-corrected chi connectivity index (χ3v) is 24.2. The van der Waals surface area contributed by atoms with Gasteiger partial charge in [0.05, 0.1) is 38.8 Å². The maximum absolute atomic E-state index is 15.7. The molecule has 138 heavy (non-hydrogen) atoms. The first-order chi connectivity index (χ1) is 66.1.